The average molecular weight is 340 g/mol. The van der Waals surface area contributed by atoms with E-state index in [-0.39, 0.29) is 42.8 Å². The molecule has 2 rings (SSSR count). The molecule has 2 heterocycles. The van der Waals surface area contributed by atoms with Gasteiger partial charge in [-0.15, -0.1) is 36.2 Å². The van der Waals surface area contributed by atoms with Gasteiger partial charge in [-0.2, -0.15) is 0 Å². The SMILES string of the molecule is CC(N)CCC(=O)N1CCCCC1c1nccs1.Cl.Cl. The fourth-order valence-corrected chi connectivity index (χ4v) is 3.17. The number of thiazole rings is 1. The summed E-state index contributed by atoms with van der Waals surface area (Å²) in [7, 11) is 0. The molecule has 1 amide bonds. The summed E-state index contributed by atoms with van der Waals surface area (Å²) in [6, 6.07) is 0.288. The van der Waals surface area contributed by atoms with E-state index in [0.717, 1.165) is 30.8 Å². The standard InChI is InChI=1S/C13H21N3OS.2ClH/c1-10(14)5-6-12(17)16-8-3-2-4-11(16)13-15-7-9-18-13;;/h7,9-11H,2-6,8,14H2,1H3;2*1H. The van der Waals surface area contributed by atoms with Crippen molar-refractivity contribution in [2.45, 2.75) is 51.1 Å². The normalized spacial score (nSPS) is 19.7. The van der Waals surface area contributed by atoms with E-state index in [1.165, 1.54) is 6.42 Å². The van der Waals surface area contributed by atoms with Crippen molar-refractivity contribution in [2.24, 2.45) is 5.73 Å². The van der Waals surface area contributed by atoms with Crippen molar-refractivity contribution in [3.63, 3.8) is 0 Å². The molecule has 0 radical (unpaired) electrons. The Morgan fingerprint density at radius 3 is 2.90 bits per heavy atom. The molecule has 20 heavy (non-hydrogen) atoms. The first-order valence-electron chi connectivity index (χ1n) is 6.63. The maximum absolute atomic E-state index is 12.3. The van der Waals surface area contributed by atoms with Crippen LogP contribution in [0.5, 0.6) is 0 Å². The molecule has 0 spiro atoms. The Morgan fingerprint density at radius 1 is 1.55 bits per heavy atom. The summed E-state index contributed by atoms with van der Waals surface area (Å²) in [5, 5.41) is 3.05. The second-order valence-electron chi connectivity index (χ2n) is 4.99. The quantitative estimate of drug-likeness (QED) is 0.916. The Bertz CT molecular complexity index is 387. The smallest absolute Gasteiger partial charge is 0.223 e. The van der Waals surface area contributed by atoms with Crippen molar-refractivity contribution in [3.05, 3.63) is 16.6 Å². The van der Waals surface area contributed by atoms with Crippen LogP contribution in [-0.4, -0.2) is 28.4 Å². The number of amides is 1. The van der Waals surface area contributed by atoms with Gasteiger partial charge in [0.05, 0.1) is 6.04 Å². The Balaban J connectivity index is 0.00000180. The van der Waals surface area contributed by atoms with E-state index >= 15 is 0 Å². The largest absolute Gasteiger partial charge is 0.333 e. The van der Waals surface area contributed by atoms with Gasteiger partial charge in [-0.05, 0) is 32.6 Å². The van der Waals surface area contributed by atoms with Crippen molar-refractivity contribution >= 4 is 42.1 Å². The third-order valence-electron chi connectivity index (χ3n) is 3.37. The predicted molar refractivity (Wildman–Crippen MR) is 87.8 cm³/mol. The first-order chi connectivity index (χ1) is 8.68. The topological polar surface area (TPSA) is 59.2 Å². The van der Waals surface area contributed by atoms with Gasteiger partial charge in [0.15, 0.2) is 0 Å². The second-order valence-corrected chi connectivity index (χ2v) is 5.91. The van der Waals surface area contributed by atoms with Crippen molar-refractivity contribution in [1.82, 2.24) is 9.88 Å². The maximum atomic E-state index is 12.3. The minimum Gasteiger partial charge on any atom is -0.333 e. The zero-order chi connectivity index (χ0) is 13.0. The summed E-state index contributed by atoms with van der Waals surface area (Å²) < 4.78 is 0. The number of hydrogen-bond donors (Lipinski definition) is 1. The molecule has 116 valence electrons. The van der Waals surface area contributed by atoms with E-state index in [1.54, 1.807) is 11.3 Å². The molecule has 2 atom stereocenters. The molecule has 2 unspecified atom stereocenters. The number of likely N-dealkylation sites (tertiary alicyclic amines) is 1. The van der Waals surface area contributed by atoms with Gasteiger partial charge in [0.1, 0.15) is 5.01 Å². The van der Waals surface area contributed by atoms with Crippen LogP contribution in [0.15, 0.2) is 11.6 Å². The van der Waals surface area contributed by atoms with Gasteiger partial charge in [-0.25, -0.2) is 4.98 Å². The van der Waals surface area contributed by atoms with Crippen LogP contribution in [0.1, 0.15) is 50.1 Å². The molecular formula is C13H23Cl2N3OS. The molecule has 0 aliphatic carbocycles. The van der Waals surface area contributed by atoms with Crippen LogP contribution in [0.25, 0.3) is 0 Å². The molecule has 4 nitrogen and oxygen atoms in total. The van der Waals surface area contributed by atoms with Gasteiger partial charge in [0.2, 0.25) is 5.91 Å². The van der Waals surface area contributed by atoms with E-state index in [9.17, 15) is 4.79 Å². The Kier molecular flexibility index (Phi) is 9.38. The molecule has 1 aliphatic rings. The first kappa shape index (κ1) is 19.6. The van der Waals surface area contributed by atoms with Crippen LogP contribution in [0.2, 0.25) is 0 Å². The molecule has 1 saturated heterocycles. The summed E-state index contributed by atoms with van der Waals surface area (Å²) in [6.45, 7) is 2.81. The molecule has 7 heteroatoms. The van der Waals surface area contributed by atoms with Gasteiger partial charge < -0.3 is 10.6 Å². The lowest BCUT2D eigenvalue weighted by molar-refractivity contribution is -0.135. The van der Waals surface area contributed by atoms with E-state index in [4.69, 9.17) is 5.73 Å². The minimum atomic E-state index is 0. The van der Waals surface area contributed by atoms with Crippen LogP contribution in [0.3, 0.4) is 0 Å². The Morgan fingerprint density at radius 2 is 2.30 bits per heavy atom. The highest BCUT2D eigenvalue weighted by molar-refractivity contribution is 7.09. The van der Waals surface area contributed by atoms with E-state index in [0.29, 0.717) is 6.42 Å². The van der Waals surface area contributed by atoms with Gasteiger partial charge in [-0.1, -0.05) is 0 Å². The molecule has 0 aromatic carbocycles. The number of carbonyl (C=O) groups excluding carboxylic acids is 1. The Hall–Kier alpha value is -0.360. The molecule has 1 fully saturated rings. The lowest BCUT2D eigenvalue weighted by Gasteiger charge is -2.34. The molecular weight excluding hydrogens is 317 g/mol. The van der Waals surface area contributed by atoms with Crippen molar-refractivity contribution in [3.8, 4) is 0 Å². The van der Waals surface area contributed by atoms with Crippen LogP contribution >= 0.6 is 36.2 Å². The number of rotatable bonds is 4. The zero-order valence-corrected chi connectivity index (χ0v) is 14.1. The summed E-state index contributed by atoms with van der Waals surface area (Å²) in [6.07, 6.45) is 6.46. The third kappa shape index (κ3) is 5.20. The monoisotopic (exact) mass is 339 g/mol. The van der Waals surface area contributed by atoms with Crippen LogP contribution < -0.4 is 5.73 Å². The molecule has 1 aromatic rings. The average Bonchev–Trinajstić information content (AvgIpc) is 2.89. The highest BCUT2D eigenvalue weighted by atomic mass is 35.5. The van der Waals surface area contributed by atoms with Crippen molar-refractivity contribution in [2.75, 3.05) is 6.54 Å². The molecule has 0 bridgehead atoms. The molecule has 2 N–H and O–H groups in total. The molecule has 1 aromatic heterocycles. The molecule has 1 aliphatic heterocycles. The van der Waals surface area contributed by atoms with E-state index in [2.05, 4.69) is 4.98 Å². The van der Waals surface area contributed by atoms with Gasteiger partial charge in [-0.3, -0.25) is 4.79 Å². The number of halogens is 2. The number of nitrogens with zero attached hydrogens (tertiary/aromatic N) is 2. The summed E-state index contributed by atoms with van der Waals surface area (Å²) >= 11 is 1.65. The Labute approximate surface area is 137 Å². The third-order valence-corrected chi connectivity index (χ3v) is 4.25. The second kappa shape index (κ2) is 9.55. The number of hydrogen-bond acceptors (Lipinski definition) is 4. The van der Waals surface area contributed by atoms with E-state index < -0.39 is 0 Å². The number of nitrogens with two attached hydrogens (primary N) is 1. The molecule has 0 saturated carbocycles. The highest BCUT2D eigenvalue weighted by Gasteiger charge is 2.29. The first-order valence-corrected chi connectivity index (χ1v) is 7.51. The summed E-state index contributed by atoms with van der Waals surface area (Å²) in [5.41, 5.74) is 5.72. The number of carbonyl (C=O) groups is 1. The van der Waals surface area contributed by atoms with Crippen molar-refractivity contribution < 1.29 is 4.79 Å². The van der Waals surface area contributed by atoms with Gasteiger partial charge in [0, 0.05) is 30.6 Å². The zero-order valence-electron chi connectivity index (χ0n) is 11.7. The highest BCUT2D eigenvalue weighted by Crippen LogP contribution is 2.32. The van der Waals surface area contributed by atoms with Crippen molar-refractivity contribution in [1.29, 1.82) is 0 Å². The van der Waals surface area contributed by atoms with Gasteiger partial charge >= 0.3 is 0 Å². The van der Waals surface area contributed by atoms with E-state index in [1.807, 2.05) is 23.4 Å². The lowest BCUT2D eigenvalue weighted by atomic mass is 10.0. The summed E-state index contributed by atoms with van der Waals surface area (Å²) in [5.74, 6) is 0.229. The summed E-state index contributed by atoms with van der Waals surface area (Å²) in [4.78, 5) is 18.6. The van der Waals surface area contributed by atoms with Gasteiger partial charge in [0.25, 0.3) is 0 Å². The fraction of sp³-hybridized carbons (Fsp3) is 0.692. The maximum Gasteiger partial charge on any atom is 0.223 e. The van der Waals surface area contributed by atoms with Crippen LogP contribution in [-0.2, 0) is 4.79 Å². The van der Waals surface area contributed by atoms with Crippen LogP contribution in [0, 0.1) is 0 Å². The lowest BCUT2D eigenvalue weighted by Crippen LogP contribution is -2.38. The number of aromatic nitrogens is 1. The number of piperidine rings is 1. The minimum absolute atomic E-state index is 0. The fourth-order valence-electron chi connectivity index (χ4n) is 2.38. The predicted octanol–water partition coefficient (Wildman–Crippen LogP) is 3.17. The van der Waals surface area contributed by atoms with Crippen LogP contribution in [0.4, 0.5) is 0 Å².